The number of nitriles is 1. The number of rotatable bonds is 1. The van der Waals surface area contributed by atoms with Gasteiger partial charge in [-0.25, -0.2) is 4.79 Å². The van der Waals surface area contributed by atoms with Gasteiger partial charge in [-0.3, -0.25) is 0 Å². The molecule has 21 heavy (non-hydrogen) atoms. The zero-order valence-corrected chi connectivity index (χ0v) is 11.7. The Hall–Kier alpha value is -2.10. The minimum absolute atomic E-state index is 0.132. The summed E-state index contributed by atoms with van der Waals surface area (Å²) in [5, 5.41) is 11.6. The van der Waals surface area contributed by atoms with Crippen LogP contribution in [0.2, 0.25) is 0 Å². The van der Waals surface area contributed by atoms with Crippen LogP contribution < -0.4 is 5.32 Å². The van der Waals surface area contributed by atoms with Gasteiger partial charge in [0.2, 0.25) is 0 Å². The van der Waals surface area contributed by atoms with E-state index in [1.165, 1.54) is 0 Å². The third kappa shape index (κ3) is 2.99. The molecule has 6 heteroatoms. The molecule has 1 spiro atoms. The van der Waals surface area contributed by atoms with E-state index in [2.05, 4.69) is 5.32 Å². The van der Waals surface area contributed by atoms with E-state index < -0.39 is 5.79 Å². The van der Waals surface area contributed by atoms with Crippen molar-refractivity contribution < 1.29 is 14.3 Å². The van der Waals surface area contributed by atoms with E-state index in [0.29, 0.717) is 50.4 Å². The lowest BCUT2D eigenvalue weighted by Crippen LogP contribution is -2.48. The first-order chi connectivity index (χ1) is 10.2. The van der Waals surface area contributed by atoms with Crippen LogP contribution in [0.5, 0.6) is 0 Å². The number of likely N-dealkylation sites (tertiary alicyclic amines) is 1. The standard InChI is InChI=1S/C15H17N3O3/c16-11-12-1-3-13(4-2-12)17-14(19)18-7-5-15(6-8-18)20-9-10-21-15/h1-4H,5-10H2,(H,17,19). The Balaban J connectivity index is 1.55. The first-order valence-electron chi connectivity index (χ1n) is 7.05. The van der Waals surface area contributed by atoms with Gasteiger partial charge in [0.05, 0.1) is 24.8 Å². The number of hydrogen-bond acceptors (Lipinski definition) is 4. The van der Waals surface area contributed by atoms with E-state index in [1.807, 2.05) is 6.07 Å². The third-order valence-corrected chi connectivity index (χ3v) is 3.89. The number of ether oxygens (including phenoxy) is 2. The largest absolute Gasteiger partial charge is 0.347 e. The normalized spacial score (nSPS) is 20.2. The van der Waals surface area contributed by atoms with E-state index >= 15 is 0 Å². The summed E-state index contributed by atoms with van der Waals surface area (Å²) in [4.78, 5) is 14.0. The Morgan fingerprint density at radius 3 is 2.38 bits per heavy atom. The first-order valence-corrected chi connectivity index (χ1v) is 7.05. The van der Waals surface area contributed by atoms with Crippen LogP contribution in [-0.4, -0.2) is 43.0 Å². The number of nitrogens with zero attached hydrogens (tertiary/aromatic N) is 2. The fourth-order valence-corrected chi connectivity index (χ4v) is 2.67. The quantitative estimate of drug-likeness (QED) is 0.856. The molecule has 6 nitrogen and oxygen atoms in total. The molecule has 0 saturated carbocycles. The van der Waals surface area contributed by atoms with E-state index in [9.17, 15) is 4.79 Å². The maximum atomic E-state index is 12.2. The molecule has 2 amide bonds. The second kappa shape index (κ2) is 5.72. The number of amides is 2. The highest BCUT2D eigenvalue weighted by Crippen LogP contribution is 2.31. The van der Waals surface area contributed by atoms with Crippen molar-refractivity contribution in [2.24, 2.45) is 0 Å². The Morgan fingerprint density at radius 2 is 1.81 bits per heavy atom. The molecule has 0 bridgehead atoms. The van der Waals surface area contributed by atoms with Gasteiger partial charge in [0.25, 0.3) is 0 Å². The lowest BCUT2D eigenvalue weighted by atomic mass is 10.0. The molecular formula is C15H17N3O3. The van der Waals surface area contributed by atoms with Crippen molar-refractivity contribution in [1.82, 2.24) is 4.90 Å². The minimum Gasteiger partial charge on any atom is -0.347 e. The summed E-state index contributed by atoms with van der Waals surface area (Å²) in [5.74, 6) is -0.467. The molecule has 3 rings (SSSR count). The second-order valence-electron chi connectivity index (χ2n) is 5.21. The van der Waals surface area contributed by atoms with Gasteiger partial charge in [0.15, 0.2) is 5.79 Å². The van der Waals surface area contributed by atoms with E-state index in [0.717, 1.165) is 0 Å². The zero-order valence-electron chi connectivity index (χ0n) is 11.7. The zero-order chi connectivity index (χ0) is 14.7. The van der Waals surface area contributed by atoms with Gasteiger partial charge in [-0.1, -0.05) is 0 Å². The summed E-state index contributed by atoms with van der Waals surface area (Å²) >= 11 is 0. The maximum absolute atomic E-state index is 12.2. The van der Waals surface area contributed by atoms with Crippen LogP contribution in [0.4, 0.5) is 10.5 Å². The lowest BCUT2D eigenvalue weighted by Gasteiger charge is -2.37. The monoisotopic (exact) mass is 287 g/mol. The summed E-state index contributed by atoms with van der Waals surface area (Å²) in [5.41, 5.74) is 1.26. The van der Waals surface area contributed by atoms with Gasteiger partial charge in [0.1, 0.15) is 0 Å². The van der Waals surface area contributed by atoms with Crippen LogP contribution in [-0.2, 0) is 9.47 Å². The summed E-state index contributed by atoms with van der Waals surface area (Å²) in [6.45, 7) is 2.50. The Labute approximate surface area is 123 Å². The highest BCUT2D eigenvalue weighted by molar-refractivity contribution is 5.89. The number of anilines is 1. The second-order valence-corrected chi connectivity index (χ2v) is 5.21. The molecular weight excluding hydrogens is 270 g/mol. The van der Waals surface area contributed by atoms with Crippen LogP contribution >= 0.6 is 0 Å². The van der Waals surface area contributed by atoms with Crippen molar-refractivity contribution in [1.29, 1.82) is 5.26 Å². The number of nitrogens with one attached hydrogen (secondary N) is 1. The third-order valence-electron chi connectivity index (χ3n) is 3.89. The molecule has 2 fully saturated rings. The summed E-state index contributed by atoms with van der Waals surface area (Å²) in [6.07, 6.45) is 1.40. The van der Waals surface area contributed by atoms with Gasteiger partial charge >= 0.3 is 6.03 Å². The van der Waals surface area contributed by atoms with Crippen molar-refractivity contribution >= 4 is 11.7 Å². The summed E-state index contributed by atoms with van der Waals surface area (Å²) < 4.78 is 11.3. The number of piperidine rings is 1. The first kappa shape index (κ1) is 13.9. The van der Waals surface area contributed by atoms with E-state index in [1.54, 1.807) is 29.2 Å². The van der Waals surface area contributed by atoms with Crippen LogP contribution in [0.25, 0.3) is 0 Å². The molecule has 1 N–H and O–H groups in total. The van der Waals surface area contributed by atoms with E-state index in [4.69, 9.17) is 14.7 Å². The van der Waals surface area contributed by atoms with Crippen molar-refractivity contribution in [2.45, 2.75) is 18.6 Å². The number of hydrogen-bond donors (Lipinski definition) is 1. The van der Waals surface area contributed by atoms with Crippen LogP contribution in [0, 0.1) is 11.3 Å². The highest BCUT2D eigenvalue weighted by Gasteiger charge is 2.40. The Morgan fingerprint density at radius 1 is 1.19 bits per heavy atom. The molecule has 2 saturated heterocycles. The van der Waals surface area contributed by atoms with Gasteiger partial charge in [0, 0.05) is 31.6 Å². The SMILES string of the molecule is N#Cc1ccc(NC(=O)N2CCC3(CC2)OCCO3)cc1. The molecule has 1 aromatic rings. The summed E-state index contributed by atoms with van der Waals surface area (Å²) in [6, 6.07) is 8.73. The predicted octanol–water partition coefficient (Wildman–Crippen LogP) is 1.93. The molecule has 2 aliphatic rings. The molecule has 0 aliphatic carbocycles. The molecule has 110 valence electrons. The fraction of sp³-hybridized carbons (Fsp3) is 0.467. The molecule has 2 heterocycles. The van der Waals surface area contributed by atoms with Crippen molar-refractivity contribution in [3.05, 3.63) is 29.8 Å². The number of urea groups is 1. The van der Waals surface area contributed by atoms with Gasteiger partial charge in [-0.05, 0) is 24.3 Å². The molecule has 0 unspecified atom stereocenters. The number of benzene rings is 1. The topological polar surface area (TPSA) is 74.6 Å². The van der Waals surface area contributed by atoms with Crippen molar-refractivity contribution in [2.75, 3.05) is 31.6 Å². The van der Waals surface area contributed by atoms with Gasteiger partial charge in [-0.2, -0.15) is 5.26 Å². The average Bonchev–Trinajstić information content (AvgIpc) is 2.97. The summed E-state index contributed by atoms with van der Waals surface area (Å²) in [7, 11) is 0. The predicted molar refractivity (Wildman–Crippen MR) is 75.6 cm³/mol. The smallest absolute Gasteiger partial charge is 0.321 e. The molecule has 0 aromatic heterocycles. The lowest BCUT2D eigenvalue weighted by molar-refractivity contribution is -0.181. The Kier molecular flexibility index (Phi) is 3.78. The van der Waals surface area contributed by atoms with Crippen LogP contribution in [0.3, 0.4) is 0 Å². The molecule has 0 radical (unpaired) electrons. The molecule has 0 atom stereocenters. The average molecular weight is 287 g/mol. The van der Waals surface area contributed by atoms with Gasteiger partial charge in [-0.15, -0.1) is 0 Å². The minimum atomic E-state index is -0.467. The Bertz CT molecular complexity index is 549. The molecule has 2 aliphatic heterocycles. The molecule has 1 aromatic carbocycles. The maximum Gasteiger partial charge on any atom is 0.321 e. The number of carbonyl (C=O) groups excluding carboxylic acids is 1. The van der Waals surface area contributed by atoms with Crippen molar-refractivity contribution in [3.63, 3.8) is 0 Å². The van der Waals surface area contributed by atoms with E-state index in [-0.39, 0.29) is 6.03 Å². The van der Waals surface area contributed by atoms with Crippen molar-refractivity contribution in [3.8, 4) is 6.07 Å². The fourth-order valence-electron chi connectivity index (χ4n) is 2.67. The van der Waals surface area contributed by atoms with Crippen LogP contribution in [0.15, 0.2) is 24.3 Å². The number of carbonyl (C=O) groups is 1. The van der Waals surface area contributed by atoms with Gasteiger partial charge < -0.3 is 19.7 Å². The highest BCUT2D eigenvalue weighted by atomic mass is 16.7. The van der Waals surface area contributed by atoms with Crippen LogP contribution in [0.1, 0.15) is 18.4 Å².